The summed E-state index contributed by atoms with van der Waals surface area (Å²) in [5.74, 6) is 1.09. The van der Waals surface area contributed by atoms with Crippen LogP contribution in [0.2, 0.25) is 5.02 Å². The number of rotatable bonds is 4. The van der Waals surface area contributed by atoms with Crippen molar-refractivity contribution < 1.29 is 9.66 Å². The summed E-state index contributed by atoms with van der Waals surface area (Å²) in [5, 5.41) is 12.2. The highest BCUT2D eigenvalue weighted by molar-refractivity contribution is 9.08. The van der Waals surface area contributed by atoms with E-state index in [1.165, 1.54) is 6.07 Å². The van der Waals surface area contributed by atoms with Crippen LogP contribution in [0.3, 0.4) is 0 Å². The fraction of sp³-hybridized carbons (Fsp3) is 0.200. The number of alkyl halides is 1. The zero-order chi connectivity index (χ0) is 15.6. The van der Waals surface area contributed by atoms with Crippen molar-refractivity contribution in [1.29, 1.82) is 0 Å². The molecule has 0 radical (unpaired) electrons. The minimum atomic E-state index is -0.408. The number of ether oxygens (including phenoxy) is 1. The Bertz CT molecular complexity index is 704. The molecular weight excluding hydrogens is 358 g/mol. The van der Waals surface area contributed by atoms with Gasteiger partial charge in [-0.1, -0.05) is 27.5 Å². The second kappa shape index (κ2) is 6.45. The summed E-state index contributed by atoms with van der Waals surface area (Å²) in [4.78, 5) is 10.6. The molecule has 0 N–H and O–H groups in total. The topological polar surface area (TPSA) is 52.4 Å². The summed E-state index contributed by atoms with van der Waals surface area (Å²) in [5.41, 5.74) is 2.38. The maximum absolute atomic E-state index is 11.0. The quantitative estimate of drug-likeness (QED) is 0.402. The fourth-order valence-electron chi connectivity index (χ4n) is 2.00. The van der Waals surface area contributed by atoms with Crippen LogP contribution in [0.25, 0.3) is 0 Å². The lowest BCUT2D eigenvalue weighted by Crippen LogP contribution is -1.96. The highest BCUT2D eigenvalue weighted by Gasteiger charge is 2.16. The first-order valence-electron chi connectivity index (χ1n) is 6.20. The number of hydrogen-bond donors (Lipinski definition) is 0. The minimum absolute atomic E-state index is 0.0463. The Kier molecular flexibility index (Phi) is 4.85. The Balaban J connectivity index is 2.44. The normalized spacial score (nSPS) is 10.5. The van der Waals surface area contributed by atoms with E-state index < -0.39 is 4.92 Å². The van der Waals surface area contributed by atoms with Gasteiger partial charge in [0.15, 0.2) is 0 Å². The van der Waals surface area contributed by atoms with Crippen LogP contribution in [0.1, 0.15) is 16.7 Å². The molecule has 4 nitrogen and oxygen atoms in total. The van der Waals surface area contributed by atoms with E-state index in [9.17, 15) is 10.1 Å². The van der Waals surface area contributed by atoms with Crippen LogP contribution >= 0.6 is 27.5 Å². The van der Waals surface area contributed by atoms with Gasteiger partial charge < -0.3 is 4.74 Å². The summed E-state index contributed by atoms with van der Waals surface area (Å²) < 4.78 is 5.84. The molecule has 21 heavy (non-hydrogen) atoms. The molecule has 0 atom stereocenters. The van der Waals surface area contributed by atoms with Gasteiger partial charge >= 0.3 is 0 Å². The van der Waals surface area contributed by atoms with E-state index >= 15 is 0 Å². The SMILES string of the molecule is Cc1cc(C)c([N+](=O)[O-])cc1Oc1ccc(Cl)cc1CBr. The molecule has 0 aliphatic carbocycles. The van der Waals surface area contributed by atoms with Crippen molar-refractivity contribution >= 4 is 33.2 Å². The number of aryl methyl sites for hydroxylation is 2. The molecule has 0 amide bonds. The molecule has 0 saturated carbocycles. The van der Waals surface area contributed by atoms with Gasteiger partial charge in [-0.15, -0.1) is 0 Å². The highest BCUT2D eigenvalue weighted by atomic mass is 79.9. The monoisotopic (exact) mass is 369 g/mol. The molecule has 0 aromatic heterocycles. The zero-order valence-electron chi connectivity index (χ0n) is 11.5. The van der Waals surface area contributed by atoms with Gasteiger partial charge in [-0.25, -0.2) is 0 Å². The van der Waals surface area contributed by atoms with Crippen LogP contribution in [0.5, 0.6) is 11.5 Å². The van der Waals surface area contributed by atoms with Crippen LogP contribution in [0, 0.1) is 24.0 Å². The van der Waals surface area contributed by atoms with Crippen molar-refractivity contribution in [2.24, 2.45) is 0 Å². The molecule has 110 valence electrons. The van der Waals surface area contributed by atoms with E-state index in [2.05, 4.69) is 15.9 Å². The largest absolute Gasteiger partial charge is 0.457 e. The predicted molar refractivity (Wildman–Crippen MR) is 86.7 cm³/mol. The number of nitrogens with zero attached hydrogens (tertiary/aromatic N) is 1. The molecule has 0 spiro atoms. The van der Waals surface area contributed by atoms with Gasteiger partial charge in [-0.2, -0.15) is 0 Å². The molecule has 0 bridgehead atoms. The summed E-state index contributed by atoms with van der Waals surface area (Å²) in [7, 11) is 0. The molecule has 0 aliphatic rings. The number of nitro benzene ring substituents is 1. The smallest absolute Gasteiger partial charge is 0.276 e. The highest BCUT2D eigenvalue weighted by Crippen LogP contribution is 2.34. The molecule has 0 unspecified atom stereocenters. The third-order valence-corrected chi connectivity index (χ3v) is 3.92. The summed E-state index contributed by atoms with van der Waals surface area (Å²) >= 11 is 9.33. The van der Waals surface area contributed by atoms with Crippen LogP contribution in [-0.2, 0) is 5.33 Å². The molecule has 2 aromatic rings. The molecule has 2 aromatic carbocycles. The number of benzene rings is 2. The van der Waals surface area contributed by atoms with Gasteiger partial charge in [0, 0.05) is 21.5 Å². The van der Waals surface area contributed by atoms with E-state index in [1.54, 1.807) is 31.2 Å². The Morgan fingerprint density at radius 2 is 1.90 bits per heavy atom. The van der Waals surface area contributed by atoms with E-state index in [4.69, 9.17) is 16.3 Å². The predicted octanol–water partition coefficient (Wildman–Crippen LogP) is 5.55. The molecule has 0 fully saturated rings. The third kappa shape index (κ3) is 3.54. The minimum Gasteiger partial charge on any atom is -0.457 e. The standard InChI is InChI=1S/C15H13BrClNO3/c1-9-5-10(2)15(7-13(9)18(19)20)21-14-4-3-12(17)6-11(14)8-16/h3-7H,8H2,1-2H3. The van der Waals surface area contributed by atoms with Crippen molar-refractivity contribution in [1.82, 2.24) is 0 Å². The first-order chi connectivity index (χ1) is 9.92. The van der Waals surface area contributed by atoms with Crippen LogP contribution in [-0.4, -0.2) is 4.92 Å². The van der Waals surface area contributed by atoms with Crippen molar-refractivity contribution in [2.75, 3.05) is 0 Å². The van der Waals surface area contributed by atoms with Crippen LogP contribution < -0.4 is 4.74 Å². The average molecular weight is 371 g/mol. The van der Waals surface area contributed by atoms with Crippen LogP contribution in [0.4, 0.5) is 5.69 Å². The summed E-state index contributed by atoms with van der Waals surface area (Å²) in [6.45, 7) is 3.57. The molecule has 2 rings (SSSR count). The van der Waals surface area contributed by atoms with Gasteiger partial charge in [0.25, 0.3) is 5.69 Å². The Morgan fingerprint density at radius 1 is 1.19 bits per heavy atom. The first-order valence-corrected chi connectivity index (χ1v) is 7.70. The van der Waals surface area contributed by atoms with E-state index in [-0.39, 0.29) is 5.69 Å². The molecule has 6 heteroatoms. The fourth-order valence-corrected chi connectivity index (χ4v) is 2.63. The maximum Gasteiger partial charge on any atom is 0.276 e. The molecular formula is C15H13BrClNO3. The third-order valence-electron chi connectivity index (χ3n) is 3.08. The molecule has 0 heterocycles. The van der Waals surface area contributed by atoms with E-state index in [1.807, 2.05) is 6.92 Å². The van der Waals surface area contributed by atoms with Gasteiger partial charge in [0.1, 0.15) is 11.5 Å². The zero-order valence-corrected chi connectivity index (χ0v) is 13.9. The van der Waals surface area contributed by atoms with Crippen LogP contribution in [0.15, 0.2) is 30.3 Å². The summed E-state index contributed by atoms with van der Waals surface area (Å²) in [6.07, 6.45) is 0. The first kappa shape index (κ1) is 15.8. The lowest BCUT2D eigenvalue weighted by Gasteiger charge is -2.13. The van der Waals surface area contributed by atoms with Crippen molar-refractivity contribution in [2.45, 2.75) is 19.2 Å². The van der Waals surface area contributed by atoms with Gasteiger partial charge in [-0.05, 0) is 43.7 Å². The number of halogens is 2. The lowest BCUT2D eigenvalue weighted by atomic mass is 10.1. The van der Waals surface area contributed by atoms with E-state index in [0.717, 1.165) is 11.1 Å². The van der Waals surface area contributed by atoms with Crippen molar-refractivity contribution in [3.05, 3.63) is 62.2 Å². The second-order valence-electron chi connectivity index (χ2n) is 4.65. The summed E-state index contributed by atoms with van der Waals surface area (Å²) in [6, 6.07) is 8.48. The number of hydrogen-bond acceptors (Lipinski definition) is 3. The van der Waals surface area contributed by atoms with Gasteiger partial charge in [0.05, 0.1) is 11.0 Å². The molecule has 0 saturated heterocycles. The Hall–Kier alpha value is -1.59. The van der Waals surface area contributed by atoms with Gasteiger partial charge in [0.2, 0.25) is 0 Å². The average Bonchev–Trinajstić information content (AvgIpc) is 2.42. The van der Waals surface area contributed by atoms with Crippen molar-refractivity contribution in [3.63, 3.8) is 0 Å². The Morgan fingerprint density at radius 3 is 2.52 bits per heavy atom. The maximum atomic E-state index is 11.0. The van der Waals surface area contributed by atoms with E-state index in [0.29, 0.717) is 27.4 Å². The van der Waals surface area contributed by atoms with Gasteiger partial charge in [-0.3, -0.25) is 10.1 Å². The number of nitro groups is 1. The van der Waals surface area contributed by atoms with Crippen molar-refractivity contribution in [3.8, 4) is 11.5 Å². The Labute approximate surface area is 136 Å². The second-order valence-corrected chi connectivity index (χ2v) is 5.65. The lowest BCUT2D eigenvalue weighted by molar-refractivity contribution is -0.385. The molecule has 0 aliphatic heterocycles.